The zero-order valence-electron chi connectivity index (χ0n) is 19.2. The molecule has 3 aromatic heterocycles. The van der Waals surface area contributed by atoms with Crippen LogP contribution >= 0.6 is 11.3 Å². The Morgan fingerprint density at radius 3 is 2.71 bits per heavy atom. The van der Waals surface area contributed by atoms with E-state index in [0.717, 1.165) is 45.4 Å². The van der Waals surface area contributed by atoms with Crippen molar-refractivity contribution in [2.45, 2.75) is 13.5 Å². The third kappa shape index (κ3) is 4.43. The molecule has 0 radical (unpaired) electrons. The lowest BCUT2D eigenvalue weighted by atomic mass is 10.1. The third-order valence-electron chi connectivity index (χ3n) is 6.14. The van der Waals surface area contributed by atoms with Crippen LogP contribution in [0.3, 0.4) is 0 Å². The van der Waals surface area contributed by atoms with E-state index in [1.54, 1.807) is 17.4 Å². The zero-order chi connectivity index (χ0) is 23.8. The number of thiophene rings is 1. The normalized spacial score (nSPS) is 14.5. The second kappa shape index (κ2) is 9.22. The maximum absolute atomic E-state index is 11.9. The summed E-state index contributed by atoms with van der Waals surface area (Å²) in [5.41, 5.74) is 3.08. The first-order valence-electron chi connectivity index (χ1n) is 11.5. The average Bonchev–Trinajstić information content (AvgIpc) is 3.29. The maximum Gasteiger partial charge on any atom is 0.336 e. The molecule has 5 aromatic rings. The summed E-state index contributed by atoms with van der Waals surface area (Å²) < 4.78 is 17.3. The van der Waals surface area contributed by atoms with E-state index in [9.17, 15) is 4.79 Å². The standard InChI is InChI=1S/C27H23N3O4S/c1-17-13-24(31)34-22-14-19(7-8-20(17)22)33-26-25-21(18-5-3-2-4-6-18)16-35-27(25)29-23(28-26)15-30-9-11-32-12-10-30/h2-8,13-14,16H,9-12,15H2,1H3. The van der Waals surface area contributed by atoms with E-state index in [0.29, 0.717) is 42.8 Å². The second-order valence-electron chi connectivity index (χ2n) is 8.54. The molecular formula is C27H23N3O4S. The number of hydrogen-bond acceptors (Lipinski definition) is 8. The van der Waals surface area contributed by atoms with E-state index < -0.39 is 0 Å². The first kappa shape index (κ1) is 21.9. The predicted octanol–water partition coefficient (Wildman–Crippen LogP) is 5.40. The van der Waals surface area contributed by atoms with Gasteiger partial charge in [-0.3, -0.25) is 4.90 Å². The van der Waals surface area contributed by atoms with E-state index in [-0.39, 0.29) is 5.63 Å². The van der Waals surface area contributed by atoms with Gasteiger partial charge in [-0.25, -0.2) is 9.78 Å². The predicted molar refractivity (Wildman–Crippen MR) is 136 cm³/mol. The van der Waals surface area contributed by atoms with Crippen LogP contribution in [0.1, 0.15) is 11.4 Å². The van der Waals surface area contributed by atoms with Crippen LogP contribution < -0.4 is 10.4 Å². The van der Waals surface area contributed by atoms with Crippen LogP contribution in [-0.2, 0) is 11.3 Å². The van der Waals surface area contributed by atoms with Crippen molar-refractivity contribution in [3.8, 4) is 22.8 Å². The number of hydrogen-bond donors (Lipinski definition) is 0. The van der Waals surface area contributed by atoms with Crippen molar-refractivity contribution in [1.82, 2.24) is 14.9 Å². The largest absolute Gasteiger partial charge is 0.438 e. The Morgan fingerprint density at radius 1 is 1.06 bits per heavy atom. The summed E-state index contributed by atoms with van der Waals surface area (Å²) in [7, 11) is 0. The molecule has 7 nitrogen and oxygen atoms in total. The van der Waals surface area contributed by atoms with Crippen LogP contribution in [0.15, 0.2) is 69.2 Å². The topological polar surface area (TPSA) is 77.7 Å². The Morgan fingerprint density at radius 2 is 1.89 bits per heavy atom. The molecule has 4 heterocycles. The van der Waals surface area contributed by atoms with Crippen molar-refractivity contribution in [1.29, 1.82) is 0 Å². The molecule has 6 rings (SSSR count). The molecule has 8 heteroatoms. The highest BCUT2D eigenvalue weighted by molar-refractivity contribution is 7.17. The third-order valence-corrected chi connectivity index (χ3v) is 7.01. The molecule has 1 fully saturated rings. The Kier molecular flexibility index (Phi) is 5.77. The van der Waals surface area contributed by atoms with Gasteiger partial charge in [-0.05, 0) is 30.2 Å². The van der Waals surface area contributed by atoms with Crippen LogP contribution in [0, 0.1) is 6.92 Å². The fraction of sp³-hybridized carbons (Fsp3) is 0.222. The minimum Gasteiger partial charge on any atom is -0.438 e. The van der Waals surface area contributed by atoms with Crippen molar-refractivity contribution in [3.05, 3.63) is 81.8 Å². The molecule has 2 aromatic carbocycles. The number of aromatic nitrogens is 2. The van der Waals surface area contributed by atoms with Gasteiger partial charge in [0.1, 0.15) is 22.0 Å². The van der Waals surface area contributed by atoms with Crippen molar-refractivity contribution < 1.29 is 13.9 Å². The van der Waals surface area contributed by atoms with E-state index >= 15 is 0 Å². The molecule has 35 heavy (non-hydrogen) atoms. The highest BCUT2D eigenvalue weighted by Crippen LogP contribution is 2.40. The number of aryl methyl sites for hydroxylation is 1. The summed E-state index contributed by atoms with van der Waals surface area (Å²) in [5, 5.41) is 3.85. The molecule has 176 valence electrons. The summed E-state index contributed by atoms with van der Waals surface area (Å²) in [5.74, 6) is 1.75. The molecule has 0 N–H and O–H groups in total. The number of fused-ring (bicyclic) bond motifs is 2. The van der Waals surface area contributed by atoms with E-state index in [4.69, 9.17) is 23.9 Å². The van der Waals surface area contributed by atoms with E-state index in [2.05, 4.69) is 22.4 Å². The zero-order valence-corrected chi connectivity index (χ0v) is 20.0. The summed E-state index contributed by atoms with van der Waals surface area (Å²) >= 11 is 1.58. The van der Waals surface area contributed by atoms with Gasteiger partial charge >= 0.3 is 5.63 Å². The number of ether oxygens (including phenoxy) is 2. The molecule has 1 aliphatic rings. The first-order valence-corrected chi connectivity index (χ1v) is 12.4. The molecule has 0 aliphatic carbocycles. The lowest BCUT2D eigenvalue weighted by Gasteiger charge is -2.25. The van der Waals surface area contributed by atoms with Crippen LogP contribution in [0.25, 0.3) is 32.3 Å². The lowest BCUT2D eigenvalue weighted by molar-refractivity contribution is 0.0330. The fourth-order valence-electron chi connectivity index (χ4n) is 4.37. The van der Waals surface area contributed by atoms with Crippen LogP contribution in [0.4, 0.5) is 0 Å². The molecule has 0 spiro atoms. The van der Waals surface area contributed by atoms with Crippen LogP contribution in [0.2, 0.25) is 0 Å². The van der Waals surface area contributed by atoms with E-state index in [1.807, 2.05) is 37.3 Å². The Labute approximate surface area is 205 Å². The fourth-order valence-corrected chi connectivity index (χ4v) is 5.32. The number of rotatable bonds is 5. The van der Waals surface area contributed by atoms with Crippen LogP contribution in [-0.4, -0.2) is 41.2 Å². The minimum absolute atomic E-state index is 0.381. The van der Waals surface area contributed by atoms with Gasteiger partial charge in [-0.2, -0.15) is 4.98 Å². The van der Waals surface area contributed by atoms with Gasteiger partial charge in [0.05, 0.1) is 25.1 Å². The maximum atomic E-state index is 11.9. The van der Waals surface area contributed by atoms with Gasteiger partial charge in [0, 0.05) is 41.6 Å². The summed E-state index contributed by atoms with van der Waals surface area (Å²) in [4.78, 5) is 24.8. The number of benzene rings is 2. The van der Waals surface area contributed by atoms with Gasteiger partial charge < -0.3 is 13.9 Å². The van der Waals surface area contributed by atoms with Gasteiger partial charge in [0.2, 0.25) is 5.88 Å². The van der Waals surface area contributed by atoms with Gasteiger partial charge in [-0.1, -0.05) is 30.3 Å². The first-order chi connectivity index (χ1) is 17.1. The smallest absolute Gasteiger partial charge is 0.336 e. The molecule has 0 unspecified atom stereocenters. The van der Waals surface area contributed by atoms with E-state index in [1.165, 1.54) is 6.07 Å². The number of nitrogens with zero attached hydrogens (tertiary/aromatic N) is 3. The van der Waals surface area contributed by atoms with Crippen molar-refractivity contribution >= 4 is 32.5 Å². The van der Waals surface area contributed by atoms with Gasteiger partial charge in [0.25, 0.3) is 0 Å². The van der Waals surface area contributed by atoms with Gasteiger partial charge in [-0.15, -0.1) is 11.3 Å². The quantitative estimate of drug-likeness (QED) is 0.309. The van der Waals surface area contributed by atoms with Crippen molar-refractivity contribution in [2.24, 2.45) is 0 Å². The van der Waals surface area contributed by atoms with Gasteiger partial charge in [0.15, 0.2) is 0 Å². The Hall–Kier alpha value is -3.59. The second-order valence-corrected chi connectivity index (χ2v) is 9.40. The molecule has 0 atom stereocenters. The van der Waals surface area contributed by atoms with Crippen LogP contribution in [0.5, 0.6) is 11.6 Å². The van der Waals surface area contributed by atoms with Crippen molar-refractivity contribution in [2.75, 3.05) is 26.3 Å². The Balaban J connectivity index is 1.45. The minimum atomic E-state index is -0.381. The molecule has 1 saturated heterocycles. The highest BCUT2D eigenvalue weighted by Gasteiger charge is 2.20. The summed E-state index contributed by atoms with van der Waals surface area (Å²) in [6.07, 6.45) is 0. The monoisotopic (exact) mass is 485 g/mol. The number of morpholine rings is 1. The van der Waals surface area contributed by atoms with Crippen molar-refractivity contribution in [3.63, 3.8) is 0 Å². The molecule has 0 amide bonds. The SMILES string of the molecule is Cc1cc(=O)oc2cc(Oc3nc(CN4CCOCC4)nc4scc(-c5ccccc5)c34)ccc12. The molecule has 0 bridgehead atoms. The Bertz CT molecular complexity index is 1570. The molecular weight excluding hydrogens is 462 g/mol. The molecule has 1 aliphatic heterocycles. The average molecular weight is 486 g/mol. The summed E-state index contributed by atoms with van der Waals surface area (Å²) in [6.45, 7) is 5.64. The summed E-state index contributed by atoms with van der Waals surface area (Å²) in [6, 6.07) is 17.2. The molecule has 0 saturated carbocycles. The highest BCUT2D eigenvalue weighted by atomic mass is 32.1. The lowest BCUT2D eigenvalue weighted by Crippen LogP contribution is -2.36.